The number of β-amino-alcohol motifs (C(OH)–C–C–N with tert-alkyl or cyclic N) is 1. The molecule has 0 spiro atoms. The Bertz CT molecular complexity index is 232. The molecule has 0 aromatic carbocycles. The predicted octanol–water partition coefficient (Wildman–Crippen LogP) is 1.45. The number of carbonyl (C=O) groups excluding carboxylic acids is 1. The molecule has 88 valence electrons. The van der Waals surface area contributed by atoms with E-state index in [1.165, 1.54) is 0 Å². The molecule has 15 heavy (non-hydrogen) atoms. The van der Waals surface area contributed by atoms with E-state index in [1.54, 1.807) is 6.92 Å². The van der Waals surface area contributed by atoms with E-state index in [0.29, 0.717) is 12.5 Å². The standard InChI is InChI=1S/C12H23NO2/c1-5-12(4,10(3)14)13-7-9(2)6-11(15)8-13/h9,11,15H,5-8H2,1-4H3. The highest BCUT2D eigenvalue weighted by atomic mass is 16.3. The van der Waals surface area contributed by atoms with Gasteiger partial charge in [-0.05, 0) is 32.6 Å². The van der Waals surface area contributed by atoms with Crippen LogP contribution in [0.25, 0.3) is 0 Å². The van der Waals surface area contributed by atoms with Crippen LogP contribution in [0.15, 0.2) is 0 Å². The van der Waals surface area contributed by atoms with Gasteiger partial charge >= 0.3 is 0 Å². The highest BCUT2D eigenvalue weighted by molar-refractivity contribution is 5.85. The molecule has 0 amide bonds. The number of Topliss-reactive ketones (excluding diaryl/α,β-unsaturated/α-hetero) is 1. The molecule has 1 rings (SSSR count). The molecule has 0 bridgehead atoms. The fourth-order valence-electron chi connectivity index (χ4n) is 2.42. The van der Waals surface area contributed by atoms with E-state index in [4.69, 9.17) is 0 Å². The maximum absolute atomic E-state index is 11.7. The van der Waals surface area contributed by atoms with E-state index in [1.807, 2.05) is 13.8 Å². The highest BCUT2D eigenvalue weighted by Gasteiger charge is 2.38. The molecule has 1 heterocycles. The molecule has 0 aromatic heterocycles. The third-order valence-corrected chi connectivity index (χ3v) is 3.78. The van der Waals surface area contributed by atoms with Gasteiger partial charge in [-0.15, -0.1) is 0 Å². The van der Waals surface area contributed by atoms with Gasteiger partial charge in [-0.3, -0.25) is 9.69 Å². The summed E-state index contributed by atoms with van der Waals surface area (Å²) < 4.78 is 0. The lowest BCUT2D eigenvalue weighted by atomic mass is 9.87. The zero-order chi connectivity index (χ0) is 11.6. The Kier molecular flexibility index (Phi) is 3.90. The quantitative estimate of drug-likeness (QED) is 0.771. The number of hydrogen-bond donors (Lipinski definition) is 1. The smallest absolute Gasteiger partial charge is 0.149 e. The van der Waals surface area contributed by atoms with Crippen LogP contribution in [0, 0.1) is 5.92 Å². The number of aliphatic hydroxyl groups is 1. The molecule has 3 unspecified atom stereocenters. The molecule has 3 heteroatoms. The number of piperidine rings is 1. The zero-order valence-electron chi connectivity index (χ0n) is 10.3. The van der Waals surface area contributed by atoms with Crippen LogP contribution in [0.1, 0.15) is 40.5 Å². The third kappa shape index (κ3) is 2.58. The second-order valence-electron chi connectivity index (χ2n) is 5.08. The van der Waals surface area contributed by atoms with E-state index in [0.717, 1.165) is 19.4 Å². The van der Waals surface area contributed by atoms with Gasteiger partial charge in [0.05, 0.1) is 11.6 Å². The van der Waals surface area contributed by atoms with Crippen LogP contribution in [-0.4, -0.2) is 40.5 Å². The molecule has 1 aliphatic rings. The van der Waals surface area contributed by atoms with Crippen LogP contribution in [0.3, 0.4) is 0 Å². The lowest BCUT2D eigenvalue weighted by Crippen LogP contribution is -2.57. The van der Waals surface area contributed by atoms with Crippen molar-refractivity contribution in [3.63, 3.8) is 0 Å². The lowest BCUT2D eigenvalue weighted by Gasteiger charge is -2.44. The van der Waals surface area contributed by atoms with Crippen LogP contribution in [0.5, 0.6) is 0 Å². The van der Waals surface area contributed by atoms with Crippen molar-refractivity contribution in [3.8, 4) is 0 Å². The Morgan fingerprint density at radius 3 is 2.53 bits per heavy atom. The summed E-state index contributed by atoms with van der Waals surface area (Å²) in [6, 6.07) is 0. The first-order valence-electron chi connectivity index (χ1n) is 5.84. The van der Waals surface area contributed by atoms with Gasteiger partial charge in [0, 0.05) is 13.1 Å². The van der Waals surface area contributed by atoms with Crippen LogP contribution in [-0.2, 0) is 4.79 Å². The molecule has 0 saturated carbocycles. The molecule has 0 radical (unpaired) electrons. The normalized spacial score (nSPS) is 32.3. The van der Waals surface area contributed by atoms with Gasteiger partial charge in [0.15, 0.2) is 0 Å². The van der Waals surface area contributed by atoms with Gasteiger partial charge in [-0.1, -0.05) is 13.8 Å². The van der Waals surface area contributed by atoms with Crippen molar-refractivity contribution >= 4 is 5.78 Å². The van der Waals surface area contributed by atoms with Crippen molar-refractivity contribution in [1.29, 1.82) is 0 Å². The van der Waals surface area contributed by atoms with Gasteiger partial charge in [-0.25, -0.2) is 0 Å². The number of carbonyl (C=O) groups is 1. The summed E-state index contributed by atoms with van der Waals surface area (Å²) in [5.41, 5.74) is -0.393. The van der Waals surface area contributed by atoms with Crippen molar-refractivity contribution in [3.05, 3.63) is 0 Å². The number of aliphatic hydroxyl groups excluding tert-OH is 1. The van der Waals surface area contributed by atoms with Crippen molar-refractivity contribution < 1.29 is 9.90 Å². The highest BCUT2D eigenvalue weighted by Crippen LogP contribution is 2.27. The summed E-state index contributed by atoms with van der Waals surface area (Å²) in [6.07, 6.45) is 1.38. The first kappa shape index (κ1) is 12.7. The van der Waals surface area contributed by atoms with Gasteiger partial charge < -0.3 is 5.11 Å². The molecule has 1 saturated heterocycles. The summed E-state index contributed by atoms with van der Waals surface area (Å²) >= 11 is 0. The van der Waals surface area contributed by atoms with Crippen molar-refractivity contribution in [2.24, 2.45) is 5.92 Å². The molecule has 1 fully saturated rings. The van der Waals surface area contributed by atoms with E-state index >= 15 is 0 Å². The Morgan fingerprint density at radius 1 is 1.53 bits per heavy atom. The molecule has 3 atom stereocenters. The zero-order valence-corrected chi connectivity index (χ0v) is 10.3. The number of rotatable bonds is 3. The summed E-state index contributed by atoms with van der Waals surface area (Å²) in [4.78, 5) is 13.8. The van der Waals surface area contributed by atoms with Crippen LogP contribution >= 0.6 is 0 Å². The maximum Gasteiger partial charge on any atom is 0.149 e. The van der Waals surface area contributed by atoms with Crippen molar-refractivity contribution in [1.82, 2.24) is 4.90 Å². The van der Waals surface area contributed by atoms with E-state index < -0.39 is 5.54 Å². The van der Waals surface area contributed by atoms with Gasteiger partial charge in [-0.2, -0.15) is 0 Å². The van der Waals surface area contributed by atoms with Crippen molar-refractivity contribution in [2.75, 3.05) is 13.1 Å². The third-order valence-electron chi connectivity index (χ3n) is 3.78. The molecular formula is C12H23NO2. The number of likely N-dealkylation sites (tertiary alicyclic amines) is 1. The van der Waals surface area contributed by atoms with Gasteiger partial charge in [0.25, 0.3) is 0 Å². The molecule has 1 N–H and O–H groups in total. The van der Waals surface area contributed by atoms with E-state index in [2.05, 4.69) is 11.8 Å². The Balaban J connectivity index is 2.80. The second kappa shape index (κ2) is 4.62. The predicted molar refractivity (Wildman–Crippen MR) is 60.7 cm³/mol. The Hall–Kier alpha value is -0.410. The monoisotopic (exact) mass is 213 g/mol. The maximum atomic E-state index is 11.7. The summed E-state index contributed by atoms with van der Waals surface area (Å²) in [5.74, 6) is 0.672. The van der Waals surface area contributed by atoms with E-state index in [-0.39, 0.29) is 11.9 Å². The minimum absolute atomic E-state index is 0.200. The lowest BCUT2D eigenvalue weighted by molar-refractivity contribution is -0.131. The number of nitrogens with zero attached hydrogens (tertiary/aromatic N) is 1. The van der Waals surface area contributed by atoms with Crippen molar-refractivity contribution in [2.45, 2.75) is 52.2 Å². The Morgan fingerprint density at radius 2 is 2.13 bits per heavy atom. The minimum atomic E-state index is -0.393. The molecule has 0 aromatic rings. The van der Waals surface area contributed by atoms with Gasteiger partial charge in [0.2, 0.25) is 0 Å². The van der Waals surface area contributed by atoms with E-state index in [9.17, 15) is 9.90 Å². The summed E-state index contributed by atoms with van der Waals surface area (Å²) in [5, 5.41) is 9.74. The topological polar surface area (TPSA) is 40.5 Å². The summed E-state index contributed by atoms with van der Waals surface area (Å²) in [7, 11) is 0. The average Bonchev–Trinajstić information content (AvgIpc) is 2.14. The van der Waals surface area contributed by atoms with Crippen LogP contribution in [0.2, 0.25) is 0 Å². The largest absolute Gasteiger partial charge is 0.392 e. The second-order valence-corrected chi connectivity index (χ2v) is 5.08. The number of hydrogen-bond acceptors (Lipinski definition) is 3. The summed E-state index contributed by atoms with van der Waals surface area (Å²) in [6.45, 7) is 9.35. The first-order chi connectivity index (χ1) is 6.90. The molecule has 1 aliphatic heterocycles. The van der Waals surface area contributed by atoms with Crippen LogP contribution < -0.4 is 0 Å². The Labute approximate surface area is 92.5 Å². The first-order valence-corrected chi connectivity index (χ1v) is 5.84. The number of ketones is 1. The molecule has 3 nitrogen and oxygen atoms in total. The van der Waals surface area contributed by atoms with Gasteiger partial charge in [0.1, 0.15) is 5.78 Å². The molecular weight excluding hydrogens is 190 g/mol. The van der Waals surface area contributed by atoms with Crippen LogP contribution in [0.4, 0.5) is 0 Å². The fraction of sp³-hybridized carbons (Fsp3) is 0.917. The fourth-order valence-corrected chi connectivity index (χ4v) is 2.42. The SMILES string of the molecule is CCC(C)(C(C)=O)N1CC(C)CC(O)C1. The molecule has 0 aliphatic carbocycles. The average molecular weight is 213 g/mol. The minimum Gasteiger partial charge on any atom is -0.392 e.